The van der Waals surface area contributed by atoms with Crippen molar-refractivity contribution in [1.29, 1.82) is 0 Å². The van der Waals surface area contributed by atoms with Crippen LogP contribution in [0.1, 0.15) is 6.42 Å². The van der Waals surface area contributed by atoms with Gasteiger partial charge in [-0.05, 0) is 50.2 Å². The molecule has 0 amide bonds. The Morgan fingerprint density at radius 1 is 1.05 bits per heavy atom. The lowest BCUT2D eigenvalue weighted by Crippen LogP contribution is -2.36. The Kier molecular flexibility index (Phi) is 4.43. The molecule has 2 fully saturated rings. The number of nitrogens with one attached hydrogen (secondary N) is 1. The van der Waals surface area contributed by atoms with E-state index < -0.39 is 0 Å². The lowest BCUT2D eigenvalue weighted by atomic mass is 10.1. The smallest absolute Gasteiger partial charge is 0.0642 e. The first kappa shape index (κ1) is 13.7. The summed E-state index contributed by atoms with van der Waals surface area (Å²) in [6.45, 7) is 7.20. The molecule has 2 aliphatic heterocycles. The standard InChI is InChI=1S/C16H25N3O/c1-17-12-14-6-7-19(13-14)16-4-2-15(3-5-16)18-8-10-20-11-9-18/h2-5,14,17H,6-13H2,1H3. The molecule has 1 aromatic carbocycles. The van der Waals surface area contributed by atoms with Gasteiger partial charge in [0, 0.05) is 37.6 Å². The minimum absolute atomic E-state index is 0.791. The average Bonchev–Trinajstić information content (AvgIpc) is 2.97. The van der Waals surface area contributed by atoms with E-state index in [1.165, 1.54) is 30.9 Å². The SMILES string of the molecule is CNCC1CCN(c2ccc(N3CCOCC3)cc2)C1. The maximum Gasteiger partial charge on any atom is 0.0642 e. The molecule has 2 aliphatic rings. The highest BCUT2D eigenvalue weighted by atomic mass is 16.5. The number of rotatable bonds is 4. The Labute approximate surface area is 121 Å². The predicted octanol–water partition coefficient (Wildman–Crippen LogP) is 1.57. The summed E-state index contributed by atoms with van der Waals surface area (Å²) in [6.07, 6.45) is 1.30. The van der Waals surface area contributed by atoms with Crippen LogP contribution < -0.4 is 15.1 Å². The van der Waals surface area contributed by atoms with Crippen molar-refractivity contribution >= 4 is 11.4 Å². The third-order valence-electron chi connectivity index (χ3n) is 4.37. The van der Waals surface area contributed by atoms with Gasteiger partial charge in [-0.1, -0.05) is 0 Å². The third-order valence-corrected chi connectivity index (χ3v) is 4.37. The van der Waals surface area contributed by atoms with Crippen molar-refractivity contribution in [3.8, 4) is 0 Å². The van der Waals surface area contributed by atoms with Gasteiger partial charge in [-0.3, -0.25) is 0 Å². The molecule has 2 saturated heterocycles. The van der Waals surface area contributed by atoms with E-state index in [9.17, 15) is 0 Å². The molecule has 0 aliphatic carbocycles. The Balaban J connectivity index is 1.61. The number of hydrogen-bond acceptors (Lipinski definition) is 4. The van der Waals surface area contributed by atoms with Crippen LogP contribution in [0.2, 0.25) is 0 Å². The Morgan fingerprint density at radius 2 is 1.70 bits per heavy atom. The second-order valence-corrected chi connectivity index (χ2v) is 5.77. The van der Waals surface area contributed by atoms with Crippen molar-refractivity contribution in [3.05, 3.63) is 24.3 Å². The molecule has 0 spiro atoms. The minimum atomic E-state index is 0.791. The summed E-state index contributed by atoms with van der Waals surface area (Å²) < 4.78 is 5.41. The van der Waals surface area contributed by atoms with Crippen molar-refractivity contribution < 1.29 is 4.74 Å². The molecule has 0 radical (unpaired) electrons. The maximum atomic E-state index is 5.41. The topological polar surface area (TPSA) is 27.7 Å². The molecule has 3 rings (SSSR count). The fraction of sp³-hybridized carbons (Fsp3) is 0.625. The van der Waals surface area contributed by atoms with Crippen LogP contribution in [0.5, 0.6) is 0 Å². The summed E-state index contributed by atoms with van der Waals surface area (Å²) in [5, 5.41) is 3.29. The minimum Gasteiger partial charge on any atom is -0.378 e. The molecular weight excluding hydrogens is 250 g/mol. The first-order valence-electron chi connectivity index (χ1n) is 7.69. The summed E-state index contributed by atoms with van der Waals surface area (Å²) in [4.78, 5) is 4.91. The zero-order valence-corrected chi connectivity index (χ0v) is 12.3. The second kappa shape index (κ2) is 6.46. The van der Waals surface area contributed by atoms with Crippen LogP contribution in [0.4, 0.5) is 11.4 Å². The van der Waals surface area contributed by atoms with E-state index >= 15 is 0 Å². The summed E-state index contributed by atoms with van der Waals surface area (Å²) >= 11 is 0. The zero-order valence-electron chi connectivity index (χ0n) is 12.3. The van der Waals surface area contributed by atoms with Gasteiger partial charge in [-0.15, -0.1) is 0 Å². The van der Waals surface area contributed by atoms with Gasteiger partial charge < -0.3 is 19.9 Å². The molecule has 2 heterocycles. The van der Waals surface area contributed by atoms with Crippen LogP contribution in [0.25, 0.3) is 0 Å². The van der Waals surface area contributed by atoms with Crippen molar-refractivity contribution in [3.63, 3.8) is 0 Å². The quantitative estimate of drug-likeness (QED) is 0.903. The van der Waals surface area contributed by atoms with E-state index in [1.807, 2.05) is 7.05 Å². The molecule has 4 nitrogen and oxygen atoms in total. The molecular formula is C16H25N3O. The van der Waals surface area contributed by atoms with Gasteiger partial charge in [0.25, 0.3) is 0 Å². The highest BCUT2D eigenvalue weighted by Gasteiger charge is 2.22. The van der Waals surface area contributed by atoms with Crippen LogP contribution in [-0.4, -0.2) is 53.0 Å². The summed E-state index contributed by atoms with van der Waals surface area (Å²) in [7, 11) is 2.04. The van der Waals surface area contributed by atoms with E-state index in [1.54, 1.807) is 0 Å². The van der Waals surface area contributed by atoms with Crippen molar-refractivity contribution in [2.75, 3.05) is 62.8 Å². The summed E-state index contributed by atoms with van der Waals surface area (Å²) in [5.74, 6) is 0.791. The van der Waals surface area contributed by atoms with Gasteiger partial charge >= 0.3 is 0 Å². The molecule has 1 unspecified atom stereocenters. The molecule has 4 heteroatoms. The highest BCUT2D eigenvalue weighted by molar-refractivity contribution is 5.57. The Hall–Kier alpha value is -1.26. The van der Waals surface area contributed by atoms with Crippen molar-refractivity contribution in [2.45, 2.75) is 6.42 Å². The lowest BCUT2D eigenvalue weighted by molar-refractivity contribution is 0.122. The Morgan fingerprint density at radius 3 is 2.35 bits per heavy atom. The number of anilines is 2. The van der Waals surface area contributed by atoms with Crippen LogP contribution in [0.3, 0.4) is 0 Å². The number of hydrogen-bond donors (Lipinski definition) is 1. The van der Waals surface area contributed by atoms with E-state index in [0.717, 1.165) is 38.8 Å². The van der Waals surface area contributed by atoms with E-state index in [4.69, 9.17) is 4.74 Å². The summed E-state index contributed by atoms with van der Waals surface area (Å²) in [6, 6.07) is 9.05. The van der Waals surface area contributed by atoms with Gasteiger partial charge in [0.1, 0.15) is 0 Å². The van der Waals surface area contributed by atoms with E-state index in [0.29, 0.717) is 0 Å². The molecule has 1 atom stereocenters. The van der Waals surface area contributed by atoms with Crippen LogP contribution >= 0.6 is 0 Å². The van der Waals surface area contributed by atoms with E-state index in [2.05, 4.69) is 39.4 Å². The van der Waals surface area contributed by atoms with Gasteiger partial charge in [0.05, 0.1) is 13.2 Å². The van der Waals surface area contributed by atoms with Gasteiger partial charge in [0.2, 0.25) is 0 Å². The first-order chi connectivity index (χ1) is 9.86. The van der Waals surface area contributed by atoms with Gasteiger partial charge in [-0.2, -0.15) is 0 Å². The first-order valence-corrected chi connectivity index (χ1v) is 7.69. The lowest BCUT2D eigenvalue weighted by Gasteiger charge is -2.29. The zero-order chi connectivity index (χ0) is 13.8. The molecule has 0 aromatic heterocycles. The molecule has 20 heavy (non-hydrogen) atoms. The maximum absolute atomic E-state index is 5.41. The monoisotopic (exact) mass is 275 g/mol. The van der Waals surface area contributed by atoms with Crippen LogP contribution in [-0.2, 0) is 4.74 Å². The normalized spacial score (nSPS) is 23.4. The van der Waals surface area contributed by atoms with Crippen molar-refractivity contribution in [1.82, 2.24) is 5.32 Å². The molecule has 1 N–H and O–H groups in total. The average molecular weight is 275 g/mol. The molecule has 1 aromatic rings. The fourth-order valence-electron chi connectivity index (χ4n) is 3.22. The molecule has 110 valence electrons. The number of benzene rings is 1. The predicted molar refractivity (Wildman–Crippen MR) is 83.7 cm³/mol. The molecule has 0 saturated carbocycles. The van der Waals surface area contributed by atoms with Crippen molar-refractivity contribution in [2.24, 2.45) is 5.92 Å². The number of nitrogens with zero attached hydrogens (tertiary/aromatic N) is 2. The second-order valence-electron chi connectivity index (χ2n) is 5.77. The highest BCUT2D eigenvalue weighted by Crippen LogP contribution is 2.26. The van der Waals surface area contributed by atoms with E-state index in [-0.39, 0.29) is 0 Å². The molecule has 0 bridgehead atoms. The van der Waals surface area contributed by atoms with Gasteiger partial charge in [0.15, 0.2) is 0 Å². The largest absolute Gasteiger partial charge is 0.378 e. The Bertz CT molecular complexity index is 414. The number of ether oxygens (including phenoxy) is 1. The van der Waals surface area contributed by atoms with Crippen LogP contribution in [0.15, 0.2) is 24.3 Å². The third kappa shape index (κ3) is 3.07. The summed E-state index contributed by atoms with van der Waals surface area (Å²) in [5.41, 5.74) is 2.68. The fourth-order valence-corrected chi connectivity index (χ4v) is 3.22. The van der Waals surface area contributed by atoms with Gasteiger partial charge in [-0.25, -0.2) is 0 Å². The van der Waals surface area contributed by atoms with Crippen LogP contribution in [0, 0.1) is 5.92 Å². The number of morpholine rings is 1.